The zero-order valence-corrected chi connectivity index (χ0v) is 8.31. The van der Waals surface area contributed by atoms with Crippen molar-refractivity contribution in [1.29, 1.82) is 0 Å². The zero-order chi connectivity index (χ0) is 9.10. The number of benzene rings is 1. The van der Waals surface area contributed by atoms with Gasteiger partial charge in [-0.3, -0.25) is 0 Å². The molecule has 1 aromatic rings. The summed E-state index contributed by atoms with van der Waals surface area (Å²) in [7, 11) is 0. The Morgan fingerprint density at radius 3 is 3.15 bits per heavy atom. The molecule has 2 rings (SSSR count). The lowest BCUT2D eigenvalue weighted by atomic mass is 10.2. The Morgan fingerprint density at radius 2 is 2.31 bits per heavy atom. The molecule has 1 heterocycles. The summed E-state index contributed by atoms with van der Waals surface area (Å²) in [4.78, 5) is 1.36. The van der Waals surface area contributed by atoms with Gasteiger partial charge in [-0.05, 0) is 25.1 Å². The Hall–Kier alpha value is -0.670. The van der Waals surface area contributed by atoms with E-state index in [4.69, 9.17) is 5.73 Å². The molecule has 0 bridgehead atoms. The number of rotatable bonds is 2. The molecule has 0 saturated heterocycles. The van der Waals surface area contributed by atoms with Gasteiger partial charge in [0.15, 0.2) is 0 Å². The third-order valence-corrected chi connectivity index (χ3v) is 3.44. The maximum absolute atomic E-state index is 5.53. The molecular weight excluding hydrogens is 180 g/mol. The van der Waals surface area contributed by atoms with Crippen molar-refractivity contribution in [3.63, 3.8) is 0 Å². The van der Waals surface area contributed by atoms with Gasteiger partial charge in [0.25, 0.3) is 0 Å². The van der Waals surface area contributed by atoms with Crippen molar-refractivity contribution < 1.29 is 0 Å². The fourth-order valence-electron chi connectivity index (χ4n) is 1.52. The lowest BCUT2D eigenvalue weighted by Crippen LogP contribution is -2.28. The van der Waals surface area contributed by atoms with Crippen LogP contribution < -0.4 is 11.1 Å². The van der Waals surface area contributed by atoms with Crippen LogP contribution in [0.15, 0.2) is 29.2 Å². The minimum absolute atomic E-state index is 0.546. The first-order valence-electron chi connectivity index (χ1n) is 4.58. The van der Waals surface area contributed by atoms with Gasteiger partial charge in [0.05, 0.1) is 0 Å². The average molecular weight is 194 g/mol. The summed E-state index contributed by atoms with van der Waals surface area (Å²) in [5.74, 6) is 1.13. The first kappa shape index (κ1) is 8.91. The van der Waals surface area contributed by atoms with Crippen LogP contribution in [-0.2, 0) is 0 Å². The molecule has 1 aromatic carbocycles. The van der Waals surface area contributed by atoms with Crippen molar-refractivity contribution in [2.45, 2.75) is 17.4 Å². The van der Waals surface area contributed by atoms with Gasteiger partial charge in [0, 0.05) is 22.4 Å². The Bertz CT molecular complexity index is 288. The van der Waals surface area contributed by atoms with Crippen molar-refractivity contribution >= 4 is 17.4 Å². The van der Waals surface area contributed by atoms with E-state index in [1.807, 2.05) is 11.8 Å². The van der Waals surface area contributed by atoms with Gasteiger partial charge in [-0.1, -0.05) is 12.1 Å². The van der Waals surface area contributed by atoms with Gasteiger partial charge in [-0.15, -0.1) is 11.8 Å². The highest BCUT2D eigenvalue weighted by molar-refractivity contribution is 7.99. The van der Waals surface area contributed by atoms with Crippen LogP contribution in [0.2, 0.25) is 0 Å². The van der Waals surface area contributed by atoms with Crippen LogP contribution in [0.1, 0.15) is 6.42 Å². The molecule has 1 unspecified atom stereocenters. The van der Waals surface area contributed by atoms with E-state index in [1.165, 1.54) is 10.6 Å². The molecule has 3 N–H and O–H groups in total. The highest BCUT2D eigenvalue weighted by Gasteiger charge is 2.16. The van der Waals surface area contributed by atoms with Crippen LogP contribution in [0.25, 0.3) is 0 Å². The third-order valence-electron chi connectivity index (χ3n) is 2.20. The second-order valence-corrected chi connectivity index (χ2v) is 4.29. The number of hydrogen-bond donors (Lipinski definition) is 2. The highest BCUT2D eigenvalue weighted by atomic mass is 32.2. The predicted molar refractivity (Wildman–Crippen MR) is 58.2 cm³/mol. The van der Waals surface area contributed by atoms with E-state index in [9.17, 15) is 0 Å². The second kappa shape index (κ2) is 4.03. The lowest BCUT2D eigenvalue weighted by molar-refractivity contribution is 0.718. The van der Waals surface area contributed by atoms with Crippen molar-refractivity contribution in [3.8, 4) is 0 Å². The van der Waals surface area contributed by atoms with E-state index in [1.54, 1.807) is 0 Å². The van der Waals surface area contributed by atoms with E-state index in [2.05, 4.69) is 29.6 Å². The fourth-order valence-corrected chi connectivity index (χ4v) is 2.61. The largest absolute Gasteiger partial charge is 0.381 e. The third kappa shape index (κ3) is 1.98. The topological polar surface area (TPSA) is 38.0 Å². The number of fused-ring (bicyclic) bond motifs is 1. The summed E-state index contributed by atoms with van der Waals surface area (Å²) in [6, 6.07) is 8.98. The summed E-state index contributed by atoms with van der Waals surface area (Å²) >= 11 is 1.92. The molecule has 0 aliphatic carbocycles. The van der Waals surface area contributed by atoms with Gasteiger partial charge >= 0.3 is 0 Å². The molecule has 2 nitrogen and oxygen atoms in total. The molecule has 0 spiro atoms. The van der Waals surface area contributed by atoms with Gasteiger partial charge in [-0.2, -0.15) is 0 Å². The van der Waals surface area contributed by atoms with Crippen molar-refractivity contribution in [2.24, 2.45) is 5.73 Å². The Balaban J connectivity index is 2.11. The molecule has 1 atom stereocenters. The number of thioether (sulfide) groups is 1. The van der Waals surface area contributed by atoms with E-state index in [0.717, 1.165) is 18.7 Å². The van der Waals surface area contributed by atoms with Gasteiger partial charge in [-0.25, -0.2) is 0 Å². The molecular formula is C10H14N2S. The summed E-state index contributed by atoms with van der Waals surface area (Å²) in [6.45, 7) is 0.764. The summed E-state index contributed by atoms with van der Waals surface area (Å²) < 4.78 is 0. The standard InChI is InChI=1S/C10H14N2S/c11-6-5-8-7-13-10-4-2-1-3-9(10)12-8/h1-4,8,12H,5-7,11H2. The maximum Gasteiger partial charge on any atom is 0.0480 e. The molecule has 1 aliphatic heterocycles. The Morgan fingerprint density at radius 1 is 1.46 bits per heavy atom. The van der Waals surface area contributed by atoms with Crippen LogP contribution in [0.3, 0.4) is 0 Å². The number of hydrogen-bond acceptors (Lipinski definition) is 3. The first-order chi connectivity index (χ1) is 6.40. The normalized spacial score (nSPS) is 20.5. The van der Waals surface area contributed by atoms with E-state index in [-0.39, 0.29) is 0 Å². The summed E-state index contributed by atoms with van der Waals surface area (Å²) in [5, 5.41) is 3.50. The fraction of sp³-hybridized carbons (Fsp3) is 0.400. The van der Waals surface area contributed by atoms with Crippen LogP contribution >= 0.6 is 11.8 Å². The van der Waals surface area contributed by atoms with E-state index >= 15 is 0 Å². The average Bonchev–Trinajstić information content (AvgIpc) is 2.18. The Labute approximate surface area is 82.9 Å². The molecule has 0 aromatic heterocycles. The molecule has 3 heteroatoms. The molecule has 70 valence electrons. The quantitative estimate of drug-likeness (QED) is 0.755. The van der Waals surface area contributed by atoms with Crippen molar-refractivity contribution in [3.05, 3.63) is 24.3 Å². The predicted octanol–water partition coefficient (Wildman–Crippen LogP) is 1.92. The number of nitrogens with one attached hydrogen (secondary N) is 1. The van der Waals surface area contributed by atoms with Gasteiger partial charge < -0.3 is 11.1 Å². The monoisotopic (exact) mass is 194 g/mol. The second-order valence-electron chi connectivity index (χ2n) is 3.23. The molecule has 0 saturated carbocycles. The SMILES string of the molecule is NCCC1CSc2ccccc2N1. The molecule has 0 amide bonds. The summed E-state index contributed by atoms with van der Waals surface area (Å²) in [5.41, 5.74) is 6.79. The number of para-hydroxylation sites is 1. The summed E-state index contributed by atoms with van der Waals surface area (Å²) in [6.07, 6.45) is 1.06. The van der Waals surface area contributed by atoms with E-state index in [0.29, 0.717) is 6.04 Å². The number of anilines is 1. The first-order valence-corrected chi connectivity index (χ1v) is 5.57. The lowest BCUT2D eigenvalue weighted by Gasteiger charge is -2.25. The molecule has 13 heavy (non-hydrogen) atoms. The van der Waals surface area contributed by atoms with Crippen LogP contribution in [0, 0.1) is 0 Å². The maximum atomic E-state index is 5.53. The van der Waals surface area contributed by atoms with Crippen LogP contribution in [0.4, 0.5) is 5.69 Å². The molecule has 1 aliphatic rings. The smallest absolute Gasteiger partial charge is 0.0480 e. The highest BCUT2D eigenvalue weighted by Crippen LogP contribution is 2.33. The van der Waals surface area contributed by atoms with E-state index < -0.39 is 0 Å². The molecule has 0 radical (unpaired) electrons. The number of nitrogens with two attached hydrogens (primary N) is 1. The zero-order valence-electron chi connectivity index (χ0n) is 7.49. The van der Waals surface area contributed by atoms with Gasteiger partial charge in [0.2, 0.25) is 0 Å². The van der Waals surface area contributed by atoms with Crippen molar-refractivity contribution in [1.82, 2.24) is 0 Å². The van der Waals surface area contributed by atoms with Crippen LogP contribution in [0.5, 0.6) is 0 Å². The minimum atomic E-state index is 0.546. The Kier molecular flexibility index (Phi) is 2.76. The van der Waals surface area contributed by atoms with Crippen LogP contribution in [-0.4, -0.2) is 18.3 Å². The van der Waals surface area contributed by atoms with Gasteiger partial charge in [0.1, 0.15) is 0 Å². The minimum Gasteiger partial charge on any atom is -0.381 e. The van der Waals surface area contributed by atoms with Crippen molar-refractivity contribution in [2.75, 3.05) is 17.6 Å². The molecule has 0 fully saturated rings.